The predicted octanol–water partition coefficient (Wildman–Crippen LogP) is 3.77. The molecule has 0 N–H and O–H groups in total. The molecule has 0 aromatic heterocycles. The van der Waals surface area contributed by atoms with Gasteiger partial charge in [0.2, 0.25) is 0 Å². The van der Waals surface area contributed by atoms with Crippen LogP contribution in [0.1, 0.15) is 16.7 Å². The molecule has 0 radical (unpaired) electrons. The van der Waals surface area contributed by atoms with E-state index in [1.807, 2.05) is 18.2 Å². The third kappa shape index (κ3) is 3.04. The number of nitro benzene ring substituents is 1. The molecule has 0 spiro atoms. The topological polar surface area (TPSA) is 55.6 Å². The average molecular weight is 310 g/mol. The summed E-state index contributed by atoms with van der Waals surface area (Å²) in [4.78, 5) is 12.9. The predicted molar refractivity (Wildman–Crippen MR) is 92.0 cm³/mol. The molecule has 118 valence electrons. The number of hydrogen-bond donors (Lipinski definition) is 0. The second-order valence-corrected chi connectivity index (χ2v) is 5.58. The molecule has 3 rings (SSSR count). The molecule has 0 amide bonds. The highest BCUT2D eigenvalue weighted by Crippen LogP contribution is 2.30. The Kier molecular flexibility index (Phi) is 4.02. The van der Waals surface area contributed by atoms with Crippen LogP contribution in [0.15, 0.2) is 36.4 Å². The minimum Gasteiger partial charge on any atom is -0.490 e. The molecular formula is C18H18N2O3. The van der Waals surface area contributed by atoms with Crippen molar-refractivity contribution in [1.82, 2.24) is 0 Å². The van der Waals surface area contributed by atoms with Crippen molar-refractivity contribution in [2.75, 3.05) is 25.6 Å². The van der Waals surface area contributed by atoms with E-state index in [1.165, 1.54) is 24.4 Å². The number of methoxy groups -OCH3 is 1. The highest BCUT2D eigenvalue weighted by Gasteiger charge is 2.15. The van der Waals surface area contributed by atoms with Crippen molar-refractivity contribution >= 4 is 23.5 Å². The van der Waals surface area contributed by atoms with Gasteiger partial charge in [0.15, 0.2) is 5.75 Å². The first-order valence-corrected chi connectivity index (χ1v) is 7.43. The number of hydrogen-bond acceptors (Lipinski definition) is 4. The average Bonchev–Trinajstić information content (AvgIpc) is 2.93. The lowest BCUT2D eigenvalue weighted by atomic mass is 10.1. The van der Waals surface area contributed by atoms with E-state index >= 15 is 0 Å². The standard InChI is InChI=1S/C18H18N2O3/c1-19-10-9-15-11-13(5-7-16(15)19)3-4-14-6-8-18(23-2)17(12-14)20(21)22/h3-8,11-12H,9-10H2,1-2H3/b4-3-. The van der Waals surface area contributed by atoms with Crippen molar-refractivity contribution in [3.8, 4) is 5.75 Å². The van der Waals surface area contributed by atoms with Gasteiger partial charge in [-0.2, -0.15) is 0 Å². The van der Waals surface area contributed by atoms with E-state index in [4.69, 9.17) is 4.74 Å². The fourth-order valence-electron chi connectivity index (χ4n) is 2.84. The number of rotatable bonds is 4. The van der Waals surface area contributed by atoms with E-state index in [0.29, 0.717) is 0 Å². The van der Waals surface area contributed by atoms with Gasteiger partial charge >= 0.3 is 5.69 Å². The van der Waals surface area contributed by atoms with Crippen LogP contribution < -0.4 is 9.64 Å². The summed E-state index contributed by atoms with van der Waals surface area (Å²) in [6, 6.07) is 11.3. The Morgan fingerprint density at radius 1 is 1.17 bits per heavy atom. The summed E-state index contributed by atoms with van der Waals surface area (Å²) < 4.78 is 5.01. The normalized spacial score (nSPS) is 13.4. The summed E-state index contributed by atoms with van der Waals surface area (Å²) >= 11 is 0. The maximum absolute atomic E-state index is 11.1. The fraction of sp³-hybridized carbons (Fsp3) is 0.222. The number of benzene rings is 2. The molecule has 1 heterocycles. The third-order valence-corrected chi connectivity index (χ3v) is 4.10. The summed E-state index contributed by atoms with van der Waals surface area (Å²) in [6.45, 7) is 1.05. The Hall–Kier alpha value is -2.82. The van der Waals surface area contributed by atoms with Gasteiger partial charge in [0.1, 0.15) is 0 Å². The summed E-state index contributed by atoms with van der Waals surface area (Å²) in [7, 11) is 3.53. The van der Waals surface area contributed by atoms with Gasteiger partial charge in [-0.05, 0) is 41.3 Å². The number of fused-ring (bicyclic) bond motifs is 1. The Balaban J connectivity index is 1.86. The first kappa shape index (κ1) is 15.1. The number of ether oxygens (including phenoxy) is 1. The van der Waals surface area contributed by atoms with Crippen LogP contribution in [0.4, 0.5) is 11.4 Å². The second-order valence-electron chi connectivity index (χ2n) is 5.58. The number of nitro groups is 1. The molecule has 1 aliphatic heterocycles. The van der Waals surface area contributed by atoms with Gasteiger partial charge in [0.05, 0.1) is 12.0 Å². The van der Waals surface area contributed by atoms with Crippen LogP contribution in [0.2, 0.25) is 0 Å². The largest absolute Gasteiger partial charge is 0.490 e. The van der Waals surface area contributed by atoms with Gasteiger partial charge in [-0.1, -0.05) is 24.3 Å². The highest BCUT2D eigenvalue weighted by atomic mass is 16.6. The quantitative estimate of drug-likeness (QED) is 0.490. The SMILES string of the molecule is COc1ccc(/C=C\c2ccc3c(c2)CCN3C)cc1[N+](=O)[O-]. The number of likely N-dealkylation sites (N-methyl/N-ethyl adjacent to an activating group) is 1. The lowest BCUT2D eigenvalue weighted by Gasteiger charge is -2.11. The van der Waals surface area contributed by atoms with E-state index in [0.717, 1.165) is 24.1 Å². The van der Waals surface area contributed by atoms with Crippen LogP contribution >= 0.6 is 0 Å². The van der Waals surface area contributed by atoms with Gasteiger partial charge in [-0.15, -0.1) is 0 Å². The minimum absolute atomic E-state index is 0.0229. The van der Waals surface area contributed by atoms with Crippen molar-refractivity contribution < 1.29 is 9.66 Å². The van der Waals surface area contributed by atoms with Crippen LogP contribution in [-0.2, 0) is 6.42 Å². The summed E-state index contributed by atoms with van der Waals surface area (Å²) in [5, 5.41) is 11.1. The van der Waals surface area contributed by atoms with Crippen LogP contribution in [0.25, 0.3) is 12.2 Å². The summed E-state index contributed by atoms with van der Waals surface area (Å²) in [5.74, 6) is 0.271. The molecule has 0 unspecified atom stereocenters. The molecule has 5 heteroatoms. The molecule has 0 fully saturated rings. The molecule has 0 atom stereocenters. The first-order valence-electron chi connectivity index (χ1n) is 7.43. The zero-order chi connectivity index (χ0) is 16.4. The van der Waals surface area contributed by atoms with Crippen LogP contribution in [0, 0.1) is 10.1 Å². The molecule has 1 aliphatic rings. The lowest BCUT2D eigenvalue weighted by molar-refractivity contribution is -0.385. The second kappa shape index (κ2) is 6.12. The van der Waals surface area contributed by atoms with Crippen molar-refractivity contribution in [3.05, 3.63) is 63.2 Å². The number of nitrogens with zero attached hydrogens (tertiary/aromatic N) is 2. The van der Waals surface area contributed by atoms with E-state index < -0.39 is 4.92 Å². The monoisotopic (exact) mass is 310 g/mol. The zero-order valence-corrected chi connectivity index (χ0v) is 13.2. The van der Waals surface area contributed by atoms with E-state index in [2.05, 4.69) is 30.1 Å². The fourth-order valence-corrected chi connectivity index (χ4v) is 2.84. The summed E-state index contributed by atoms with van der Waals surface area (Å²) in [5.41, 5.74) is 4.47. The van der Waals surface area contributed by atoms with Crippen LogP contribution in [-0.4, -0.2) is 25.6 Å². The lowest BCUT2D eigenvalue weighted by Crippen LogP contribution is -2.12. The molecule has 0 saturated heterocycles. The van der Waals surface area contributed by atoms with Gasteiger partial charge in [0, 0.05) is 25.3 Å². The van der Waals surface area contributed by atoms with Crippen LogP contribution in [0.5, 0.6) is 5.75 Å². The van der Waals surface area contributed by atoms with Crippen molar-refractivity contribution in [2.24, 2.45) is 0 Å². The molecule has 2 aromatic rings. The van der Waals surface area contributed by atoms with Gasteiger partial charge in [0.25, 0.3) is 0 Å². The Bertz CT molecular complexity index is 784. The Morgan fingerprint density at radius 2 is 1.87 bits per heavy atom. The molecule has 23 heavy (non-hydrogen) atoms. The highest BCUT2D eigenvalue weighted by molar-refractivity contribution is 5.73. The molecule has 2 aromatic carbocycles. The van der Waals surface area contributed by atoms with Gasteiger partial charge in [-0.25, -0.2) is 0 Å². The van der Waals surface area contributed by atoms with Gasteiger partial charge < -0.3 is 9.64 Å². The van der Waals surface area contributed by atoms with E-state index in [1.54, 1.807) is 6.07 Å². The third-order valence-electron chi connectivity index (χ3n) is 4.10. The Labute approximate surface area is 135 Å². The van der Waals surface area contributed by atoms with E-state index in [9.17, 15) is 10.1 Å². The Morgan fingerprint density at radius 3 is 2.57 bits per heavy atom. The maximum atomic E-state index is 11.1. The first-order chi connectivity index (χ1) is 11.1. The summed E-state index contributed by atoms with van der Waals surface area (Å²) in [6.07, 6.45) is 4.92. The molecule has 0 saturated carbocycles. The molecule has 0 bridgehead atoms. The number of anilines is 1. The van der Waals surface area contributed by atoms with Gasteiger partial charge in [-0.3, -0.25) is 10.1 Å². The van der Waals surface area contributed by atoms with Crippen molar-refractivity contribution in [1.29, 1.82) is 0 Å². The maximum Gasteiger partial charge on any atom is 0.311 e. The molecular weight excluding hydrogens is 292 g/mol. The van der Waals surface area contributed by atoms with E-state index in [-0.39, 0.29) is 11.4 Å². The smallest absolute Gasteiger partial charge is 0.311 e. The molecule has 5 nitrogen and oxygen atoms in total. The van der Waals surface area contributed by atoms with Crippen LogP contribution in [0.3, 0.4) is 0 Å². The van der Waals surface area contributed by atoms with Crippen molar-refractivity contribution in [2.45, 2.75) is 6.42 Å². The molecule has 0 aliphatic carbocycles. The zero-order valence-electron chi connectivity index (χ0n) is 13.2. The minimum atomic E-state index is -0.429. The van der Waals surface area contributed by atoms with Crippen molar-refractivity contribution in [3.63, 3.8) is 0 Å².